The van der Waals surface area contributed by atoms with Gasteiger partial charge in [0, 0.05) is 12.8 Å². The number of hydrogen-bond acceptors (Lipinski definition) is 8. The van der Waals surface area contributed by atoms with E-state index in [1.54, 1.807) is 0 Å². The lowest BCUT2D eigenvalue weighted by Gasteiger charge is -2.26. The number of carbonyl (C=O) groups excluding carboxylic acids is 3. The number of nitrogens with zero attached hydrogens (tertiary/aromatic N) is 1. The van der Waals surface area contributed by atoms with Gasteiger partial charge in [-0.15, -0.1) is 0 Å². The largest absolute Gasteiger partial charge is 0.545 e. The summed E-state index contributed by atoms with van der Waals surface area (Å²) in [6.07, 6.45) is 104. The Balaban J connectivity index is 4.04. The molecule has 0 saturated heterocycles. The maximum absolute atomic E-state index is 13.0. The molecule has 0 aliphatic carbocycles. The SMILES string of the molecule is CC/C=C\C/C=C\C/C=C\C/C=C\C/C=C\C/C=C\C/C=C\CCCCCCCCCCCCCCCCCC(=O)OC(COC(=O)CCCCCCCCCCCCCCCCCCCC/C=C\C/C=C\C/C=C\CCCCCCC)COC(OCC[N+](C)(C)C)C(=O)[O-]. The Hall–Kier alpha value is -4.31. The van der Waals surface area contributed by atoms with Crippen LogP contribution in [0.2, 0.25) is 0 Å². The maximum atomic E-state index is 13.0. The third-order valence-corrected chi connectivity index (χ3v) is 17.2. The lowest BCUT2D eigenvalue weighted by Crippen LogP contribution is -2.44. The van der Waals surface area contributed by atoms with E-state index in [9.17, 15) is 19.5 Å². The maximum Gasteiger partial charge on any atom is 0.306 e. The van der Waals surface area contributed by atoms with E-state index in [1.165, 1.54) is 218 Å². The van der Waals surface area contributed by atoms with Crippen LogP contribution in [0.3, 0.4) is 0 Å². The van der Waals surface area contributed by atoms with E-state index in [1.807, 2.05) is 21.1 Å². The van der Waals surface area contributed by atoms with Gasteiger partial charge < -0.3 is 33.3 Å². The van der Waals surface area contributed by atoms with Crippen molar-refractivity contribution < 1.29 is 42.9 Å². The molecule has 0 aliphatic rings. The Morgan fingerprint density at radius 3 is 0.895 bits per heavy atom. The molecule has 0 amide bonds. The van der Waals surface area contributed by atoms with Crippen molar-refractivity contribution in [1.82, 2.24) is 0 Å². The van der Waals surface area contributed by atoms with Gasteiger partial charge >= 0.3 is 11.9 Å². The van der Waals surface area contributed by atoms with Gasteiger partial charge in [0.2, 0.25) is 0 Å². The minimum absolute atomic E-state index is 0.145. The molecule has 0 aromatic heterocycles. The monoisotopic (exact) mass is 1320 g/mol. The molecule has 0 heterocycles. The number of rotatable bonds is 73. The van der Waals surface area contributed by atoms with Crippen molar-refractivity contribution in [1.29, 1.82) is 0 Å². The number of hydrogen-bond donors (Lipinski definition) is 0. The molecule has 9 nitrogen and oxygen atoms in total. The number of aliphatic carboxylic acids is 1. The summed E-state index contributed by atoms with van der Waals surface area (Å²) in [6.45, 7) is 4.66. The quantitative estimate of drug-likeness (QED) is 0.0195. The Bertz CT molecular complexity index is 1980. The molecule has 0 aliphatic heterocycles. The van der Waals surface area contributed by atoms with Crippen LogP contribution in [0.25, 0.3) is 0 Å². The van der Waals surface area contributed by atoms with Crippen molar-refractivity contribution in [3.05, 3.63) is 122 Å². The summed E-state index contributed by atoms with van der Waals surface area (Å²) < 4.78 is 22.9. The Kier molecular flexibility index (Phi) is 72.0. The highest BCUT2D eigenvalue weighted by molar-refractivity contribution is 5.70. The summed E-state index contributed by atoms with van der Waals surface area (Å²) in [5.41, 5.74) is 0. The summed E-state index contributed by atoms with van der Waals surface area (Å²) in [7, 11) is 5.94. The first-order valence-electron chi connectivity index (χ1n) is 39.7. The minimum atomic E-state index is -1.63. The van der Waals surface area contributed by atoms with Crippen molar-refractivity contribution in [3.8, 4) is 0 Å². The molecule has 0 spiro atoms. The fourth-order valence-electron chi connectivity index (χ4n) is 11.2. The van der Waals surface area contributed by atoms with E-state index in [4.69, 9.17) is 18.9 Å². The lowest BCUT2D eigenvalue weighted by atomic mass is 10.0. The summed E-state index contributed by atoms with van der Waals surface area (Å²) in [4.78, 5) is 37.6. The van der Waals surface area contributed by atoms with Gasteiger partial charge in [-0.3, -0.25) is 9.59 Å². The predicted molar refractivity (Wildman–Crippen MR) is 407 cm³/mol. The molecule has 0 aromatic carbocycles. The molecule has 0 saturated carbocycles. The fraction of sp³-hybridized carbons (Fsp3) is 0.733. The molecule has 546 valence electrons. The second kappa shape index (κ2) is 75.5. The highest BCUT2D eigenvalue weighted by Crippen LogP contribution is 2.18. The smallest absolute Gasteiger partial charge is 0.306 e. The van der Waals surface area contributed by atoms with Crippen LogP contribution in [0.5, 0.6) is 0 Å². The molecule has 0 aromatic rings. The molecule has 0 rings (SSSR count). The van der Waals surface area contributed by atoms with Crippen molar-refractivity contribution >= 4 is 17.9 Å². The van der Waals surface area contributed by atoms with Gasteiger partial charge in [-0.1, -0.05) is 347 Å². The minimum Gasteiger partial charge on any atom is -0.545 e. The van der Waals surface area contributed by atoms with Crippen molar-refractivity contribution in [2.24, 2.45) is 0 Å². The van der Waals surface area contributed by atoms with E-state index in [0.717, 1.165) is 96.3 Å². The number of carboxylic acids is 1. The molecule has 0 N–H and O–H groups in total. The number of carbonyl (C=O) groups is 3. The third-order valence-electron chi connectivity index (χ3n) is 17.2. The van der Waals surface area contributed by atoms with Crippen LogP contribution in [0, 0.1) is 0 Å². The highest BCUT2D eigenvalue weighted by atomic mass is 16.7. The van der Waals surface area contributed by atoms with Crippen LogP contribution in [0.4, 0.5) is 0 Å². The van der Waals surface area contributed by atoms with Gasteiger partial charge in [-0.25, -0.2) is 0 Å². The summed E-state index contributed by atoms with van der Waals surface area (Å²) in [5, 5.41) is 11.9. The van der Waals surface area contributed by atoms with E-state index < -0.39 is 24.3 Å². The van der Waals surface area contributed by atoms with Crippen LogP contribution >= 0.6 is 0 Å². The number of likely N-dealkylation sites (N-methyl/N-ethyl adjacent to an activating group) is 1. The van der Waals surface area contributed by atoms with Crippen LogP contribution < -0.4 is 5.11 Å². The van der Waals surface area contributed by atoms with E-state index in [2.05, 4.69) is 135 Å². The number of ether oxygens (including phenoxy) is 4. The molecule has 0 bridgehead atoms. The topological polar surface area (TPSA) is 111 Å². The zero-order valence-electron chi connectivity index (χ0n) is 62.5. The van der Waals surface area contributed by atoms with E-state index in [0.29, 0.717) is 23.9 Å². The first-order valence-corrected chi connectivity index (χ1v) is 39.7. The van der Waals surface area contributed by atoms with Crippen LogP contribution in [-0.4, -0.2) is 82.3 Å². The third kappa shape index (κ3) is 76.9. The van der Waals surface area contributed by atoms with Crippen LogP contribution in [0.15, 0.2) is 122 Å². The molecule has 2 unspecified atom stereocenters. The first-order chi connectivity index (χ1) is 46.6. The Labute approximate surface area is 587 Å². The van der Waals surface area contributed by atoms with E-state index >= 15 is 0 Å². The van der Waals surface area contributed by atoms with Gasteiger partial charge in [-0.05, 0) is 109 Å². The summed E-state index contributed by atoms with van der Waals surface area (Å²) in [6, 6.07) is 0. The average molecular weight is 1330 g/mol. The number of quaternary nitrogens is 1. The molecular weight excluding hydrogens is 1170 g/mol. The second-order valence-electron chi connectivity index (χ2n) is 27.6. The molecular formula is C86H149NO8. The van der Waals surface area contributed by atoms with E-state index in [-0.39, 0.29) is 32.2 Å². The molecule has 2 atom stereocenters. The molecule has 95 heavy (non-hydrogen) atoms. The number of unbranched alkanes of at least 4 members (excludes halogenated alkanes) is 38. The summed E-state index contributed by atoms with van der Waals surface area (Å²) in [5.74, 6) is -2.27. The van der Waals surface area contributed by atoms with Gasteiger partial charge in [-0.2, -0.15) is 0 Å². The highest BCUT2D eigenvalue weighted by Gasteiger charge is 2.22. The van der Waals surface area contributed by atoms with Crippen molar-refractivity contribution in [2.75, 3.05) is 47.5 Å². The summed E-state index contributed by atoms with van der Waals surface area (Å²) >= 11 is 0. The van der Waals surface area contributed by atoms with Crippen molar-refractivity contribution in [3.63, 3.8) is 0 Å². The average Bonchev–Trinajstić information content (AvgIpc) is 3.75. The Morgan fingerprint density at radius 2 is 0.600 bits per heavy atom. The predicted octanol–water partition coefficient (Wildman–Crippen LogP) is 24.1. The normalized spacial score (nSPS) is 13.3. The zero-order valence-corrected chi connectivity index (χ0v) is 62.5. The fourth-order valence-corrected chi connectivity index (χ4v) is 11.2. The second-order valence-corrected chi connectivity index (χ2v) is 27.6. The standard InChI is InChI=1S/C86H149NO8/c1-6-8-10-12-14-16-18-20-22-24-26-28-30-32-34-36-38-40-41-42-43-45-47-49-51-53-55-57-59-61-63-65-67-69-71-73-75-77-84(89)95-82(81-94-86(85(90)91)92-79-78-87(3,4)5)80-93-83(88)76-74-72-70-68-66-64-62-60-58-56-54-52-50-48-46-44-39-37-35-33-31-29-27-25-23-21-19-17-15-13-11-9-7-2/h8,10,14,16,19-22,25-28,31-34,38,40,42-43,82,86H,6-7,9,11-13,15,17-18,23-24,29-30,35-37,39,41,44-81H2,1-5H3/b10-8-,16-14-,21-19-,22-20-,27-25-,28-26-,33-31-,34-32-,40-38-,43-42-. The first kappa shape index (κ1) is 90.7. The number of esters is 2. The van der Waals surface area contributed by atoms with Crippen molar-refractivity contribution in [2.45, 2.75) is 360 Å². The molecule has 9 heteroatoms. The number of allylic oxidation sites excluding steroid dienone is 20. The van der Waals surface area contributed by atoms with Gasteiger partial charge in [0.15, 0.2) is 12.4 Å². The molecule has 0 radical (unpaired) electrons. The van der Waals surface area contributed by atoms with Gasteiger partial charge in [0.05, 0.1) is 40.3 Å². The van der Waals surface area contributed by atoms with Crippen LogP contribution in [0.1, 0.15) is 348 Å². The molecule has 0 fully saturated rings. The lowest BCUT2D eigenvalue weighted by molar-refractivity contribution is -0.870. The Morgan fingerprint density at radius 1 is 0.326 bits per heavy atom. The van der Waals surface area contributed by atoms with Gasteiger partial charge in [0.1, 0.15) is 13.2 Å². The van der Waals surface area contributed by atoms with Gasteiger partial charge in [0.25, 0.3) is 0 Å². The van der Waals surface area contributed by atoms with Crippen LogP contribution in [-0.2, 0) is 33.3 Å². The zero-order chi connectivity index (χ0) is 69.0. The number of carboxylic acid groups (broad SMARTS) is 1.